The number of rotatable bonds is 10. The van der Waals surface area contributed by atoms with Crippen LogP contribution in [0, 0.1) is 12.8 Å². The van der Waals surface area contributed by atoms with E-state index < -0.39 is 18.0 Å². The van der Waals surface area contributed by atoms with Gasteiger partial charge in [-0.05, 0) is 61.2 Å². The van der Waals surface area contributed by atoms with Crippen molar-refractivity contribution in [2.45, 2.75) is 39.2 Å². The third-order valence-corrected chi connectivity index (χ3v) is 7.24. The standard InChI is InChI=1S/C32H36N4O7/c1-20-6-4-5-7-26(20)34-32(41)35-27-13-12-25(18-29(27)42-3)36(21(2)37)24-10-8-22(9-11-24)28(19-30(38)39)33-31(40)23-14-16-43-17-15-23/h4-13,18,23,28H,14-17,19H2,1-3H3,(H,33,40)(H,38,39)(H2,34,35,41). The summed E-state index contributed by atoms with van der Waals surface area (Å²) in [5.41, 5.74) is 3.63. The Morgan fingerprint density at radius 3 is 2.23 bits per heavy atom. The van der Waals surface area contributed by atoms with E-state index in [1.165, 1.54) is 18.9 Å². The largest absolute Gasteiger partial charge is 0.494 e. The van der Waals surface area contributed by atoms with Crippen molar-refractivity contribution in [3.8, 4) is 5.75 Å². The number of nitrogens with one attached hydrogen (secondary N) is 3. The van der Waals surface area contributed by atoms with E-state index in [1.807, 2.05) is 25.1 Å². The number of nitrogens with zero attached hydrogens (tertiary/aromatic N) is 1. The van der Waals surface area contributed by atoms with Gasteiger partial charge in [-0.25, -0.2) is 4.79 Å². The molecule has 1 heterocycles. The van der Waals surface area contributed by atoms with Gasteiger partial charge in [-0.1, -0.05) is 30.3 Å². The molecule has 1 atom stereocenters. The Hall–Kier alpha value is -4.90. The van der Waals surface area contributed by atoms with Crippen LogP contribution >= 0.6 is 0 Å². The summed E-state index contributed by atoms with van der Waals surface area (Å²) in [6.45, 7) is 4.31. The maximum Gasteiger partial charge on any atom is 0.323 e. The summed E-state index contributed by atoms with van der Waals surface area (Å²) in [5, 5.41) is 17.9. The molecular weight excluding hydrogens is 552 g/mol. The molecule has 43 heavy (non-hydrogen) atoms. The summed E-state index contributed by atoms with van der Waals surface area (Å²) in [5.74, 6) is -1.39. The lowest BCUT2D eigenvalue weighted by atomic mass is 9.97. The predicted molar refractivity (Wildman–Crippen MR) is 163 cm³/mol. The zero-order valence-corrected chi connectivity index (χ0v) is 24.4. The molecule has 4 rings (SSSR count). The molecule has 226 valence electrons. The van der Waals surface area contributed by atoms with E-state index in [9.17, 15) is 24.3 Å². The highest BCUT2D eigenvalue weighted by Crippen LogP contribution is 2.34. The van der Waals surface area contributed by atoms with Crippen LogP contribution in [0.25, 0.3) is 0 Å². The van der Waals surface area contributed by atoms with Gasteiger partial charge in [-0.3, -0.25) is 19.3 Å². The van der Waals surface area contributed by atoms with Gasteiger partial charge in [-0.2, -0.15) is 0 Å². The van der Waals surface area contributed by atoms with Crippen LogP contribution in [-0.4, -0.2) is 49.2 Å². The highest BCUT2D eigenvalue weighted by molar-refractivity contribution is 6.03. The Bertz CT molecular complexity index is 1470. The summed E-state index contributed by atoms with van der Waals surface area (Å²) >= 11 is 0. The summed E-state index contributed by atoms with van der Waals surface area (Å²) in [6.07, 6.45) is 0.897. The predicted octanol–water partition coefficient (Wildman–Crippen LogP) is 5.39. The van der Waals surface area contributed by atoms with Crippen molar-refractivity contribution in [1.82, 2.24) is 5.32 Å². The number of ether oxygens (including phenoxy) is 2. The third-order valence-electron chi connectivity index (χ3n) is 7.24. The minimum absolute atomic E-state index is 0.197. The number of carbonyl (C=O) groups is 4. The molecule has 0 aliphatic carbocycles. The molecule has 1 saturated heterocycles. The van der Waals surface area contributed by atoms with E-state index in [2.05, 4.69) is 16.0 Å². The van der Waals surface area contributed by atoms with E-state index in [0.717, 1.165) is 5.56 Å². The van der Waals surface area contributed by atoms with Gasteiger partial charge in [0.15, 0.2) is 0 Å². The summed E-state index contributed by atoms with van der Waals surface area (Å²) in [7, 11) is 1.47. The first kappa shape index (κ1) is 31.0. The van der Waals surface area contributed by atoms with E-state index in [0.29, 0.717) is 60.1 Å². The molecule has 0 aromatic heterocycles. The number of methoxy groups -OCH3 is 1. The van der Waals surface area contributed by atoms with E-state index in [-0.39, 0.29) is 24.2 Å². The first-order valence-electron chi connectivity index (χ1n) is 14.0. The molecule has 1 unspecified atom stereocenters. The molecule has 0 spiro atoms. The van der Waals surface area contributed by atoms with Gasteiger partial charge in [0.2, 0.25) is 11.8 Å². The topological polar surface area (TPSA) is 146 Å². The number of anilines is 4. The summed E-state index contributed by atoms with van der Waals surface area (Å²) < 4.78 is 10.8. The van der Waals surface area contributed by atoms with Gasteiger partial charge in [0.1, 0.15) is 5.75 Å². The van der Waals surface area contributed by atoms with Crippen LogP contribution in [0.3, 0.4) is 0 Å². The molecule has 1 aliphatic rings. The first-order chi connectivity index (χ1) is 20.7. The second-order valence-corrected chi connectivity index (χ2v) is 10.3. The van der Waals surface area contributed by atoms with Crippen molar-refractivity contribution < 1.29 is 33.8 Å². The summed E-state index contributed by atoms with van der Waals surface area (Å²) in [4.78, 5) is 51.3. The van der Waals surface area contributed by atoms with Crippen LogP contribution in [0.4, 0.5) is 27.5 Å². The number of aryl methyl sites for hydroxylation is 1. The Morgan fingerprint density at radius 2 is 1.60 bits per heavy atom. The number of aliphatic carboxylic acids is 1. The van der Waals surface area contributed by atoms with Crippen molar-refractivity contribution in [1.29, 1.82) is 0 Å². The van der Waals surface area contributed by atoms with E-state index >= 15 is 0 Å². The zero-order valence-electron chi connectivity index (χ0n) is 24.4. The summed E-state index contributed by atoms with van der Waals surface area (Å²) in [6, 6.07) is 18.0. The molecule has 1 fully saturated rings. The van der Waals surface area contributed by atoms with Gasteiger partial charge < -0.3 is 30.5 Å². The molecule has 3 aromatic rings. The SMILES string of the molecule is COc1cc(N(C(C)=O)c2ccc(C(CC(=O)O)NC(=O)C3CCOCC3)cc2)ccc1NC(=O)Nc1ccccc1C. The van der Waals surface area contributed by atoms with Crippen LogP contribution in [0.5, 0.6) is 5.75 Å². The fraction of sp³-hybridized carbons (Fsp3) is 0.312. The molecule has 0 saturated carbocycles. The van der Waals surface area contributed by atoms with Crippen molar-refractivity contribution in [2.75, 3.05) is 35.9 Å². The van der Waals surface area contributed by atoms with Gasteiger partial charge in [-0.15, -0.1) is 0 Å². The normalized spacial score (nSPS) is 13.8. The first-order valence-corrected chi connectivity index (χ1v) is 14.0. The lowest BCUT2D eigenvalue weighted by molar-refractivity contribution is -0.138. The van der Waals surface area contributed by atoms with Crippen LogP contribution in [0.15, 0.2) is 66.7 Å². The Morgan fingerprint density at radius 1 is 0.953 bits per heavy atom. The second-order valence-electron chi connectivity index (χ2n) is 10.3. The number of hydrogen-bond acceptors (Lipinski definition) is 6. The molecular formula is C32H36N4O7. The number of hydrogen-bond donors (Lipinski definition) is 4. The number of benzene rings is 3. The number of carboxylic acid groups (broad SMARTS) is 1. The molecule has 11 nitrogen and oxygen atoms in total. The molecule has 0 radical (unpaired) electrons. The number of carbonyl (C=O) groups excluding carboxylic acids is 3. The lowest BCUT2D eigenvalue weighted by Crippen LogP contribution is -2.37. The quantitative estimate of drug-likeness (QED) is 0.248. The monoisotopic (exact) mass is 588 g/mol. The number of amides is 4. The number of para-hydroxylation sites is 1. The molecule has 11 heteroatoms. The fourth-order valence-electron chi connectivity index (χ4n) is 4.96. The Balaban J connectivity index is 1.52. The van der Waals surface area contributed by atoms with Crippen molar-refractivity contribution >= 4 is 46.6 Å². The van der Waals surface area contributed by atoms with Crippen molar-refractivity contribution in [3.63, 3.8) is 0 Å². The van der Waals surface area contributed by atoms with E-state index in [4.69, 9.17) is 9.47 Å². The molecule has 4 N–H and O–H groups in total. The van der Waals surface area contributed by atoms with Crippen LogP contribution in [-0.2, 0) is 19.1 Å². The molecule has 1 aliphatic heterocycles. The van der Waals surface area contributed by atoms with Crippen LogP contribution in [0.1, 0.15) is 43.4 Å². The van der Waals surface area contributed by atoms with Crippen molar-refractivity contribution in [2.24, 2.45) is 5.92 Å². The van der Waals surface area contributed by atoms with Crippen molar-refractivity contribution in [3.05, 3.63) is 77.9 Å². The van der Waals surface area contributed by atoms with E-state index in [1.54, 1.807) is 48.5 Å². The van der Waals surface area contributed by atoms with Gasteiger partial charge in [0.25, 0.3) is 0 Å². The molecule has 3 aromatic carbocycles. The fourth-order valence-corrected chi connectivity index (χ4v) is 4.96. The minimum atomic E-state index is -1.04. The average Bonchev–Trinajstić information content (AvgIpc) is 2.99. The number of carboxylic acids is 1. The highest BCUT2D eigenvalue weighted by Gasteiger charge is 2.26. The average molecular weight is 589 g/mol. The smallest absolute Gasteiger partial charge is 0.323 e. The van der Waals surface area contributed by atoms with Gasteiger partial charge in [0, 0.05) is 43.5 Å². The van der Waals surface area contributed by atoms with Gasteiger partial charge >= 0.3 is 12.0 Å². The Labute approximate surface area is 250 Å². The number of urea groups is 1. The van der Waals surface area contributed by atoms with Crippen LogP contribution in [0.2, 0.25) is 0 Å². The zero-order chi connectivity index (χ0) is 30.9. The highest BCUT2D eigenvalue weighted by atomic mass is 16.5. The Kier molecular flexibility index (Phi) is 10.3. The molecule has 4 amide bonds. The second kappa shape index (κ2) is 14.3. The maximum absolute atomic E-state index is 12.8. The van der Waals surface area contributed by atoms with Crippen LogP contribution < -0.4 is 25.6 Å². The third kappa shape index (κ3) is 8.10. The maximum atomic E-state index is 12.8. The van der Waals surface area contributed by atoms with Gasteiger partial charge in [0.05, 0.1) is 30.9 Å². The molecule has 0 bridgehead atoms. The lowest BCUT2D eigenvalue weighted by Gasteiger charge is -2.26. The minimum Gasteiger partial charge on any atom is -0.494 e.